The lowest BCUT2D eigenvalue weighted by Crippen LogP contribution is -2.50. The SMILES string of the molecule is O=C(CN1C[C@@H](c2ccccc2)CC1=O)N1CCC(N2CCSCC2)CC1. The maximum atomic E-state index is 12.7. The normalized spacial score (nSPS) is 25.2. The third-order valence-electron chi connectivity index (χ3n) is 6.19. The molecule has 146 valence electrons. The summed E-state index contributed by atoms with van der Waals surface area (Å²) in [6, 6.07) is 10.8. The number of nitrogens with zero attached hydrogens (tertiary/aromatic N) is 3. The van der Waals surface area contributed by atoms with Gasteiger partial charge in [0.25, 0.3) is 0 Å². The standard InChI is InChI=1S/C21H29N3O2S/c25-20-14-18(17-4-2-1-3-5-17)15-24(20)16-21(26)23-8-6-19(7-9-23)22-10-12-27-13-11-22/h1-5,18-19H,6-16H2/t18-/m0/s1. The van der Waals surface area contributed by atoms with Gasteiger partial charge in [-0.3, -0.25) is 14.5 Å². The number of carbonyl (C=O) groups excluding carboxylic acids is 2. The Morgan fingerprint density at radius 1 is 1.04 bits per heavy atom. The van der Waals surface area contributed by atoms with Crippen molar-refractivity contribution in [3.63, 3.8) is 0 Å². The van der Waals surface area contributed by atoms with Gasteiger partial charge in [-0.05, 0) is 18.4 Å². The lowest BCUT2D eigenvalue weighted by atomic mass is 9.99. The van der Waals surface area contributed by atoms with Crippen molar-refractivity contribution in [2.75, 3.05) is 50.8 Å². The Labute approximate surface area is 166 Å². The molecule has 1 atom stereocenters. The van der Waals surface area contributed by atoms with E-state index in [-0.39, 0.29) is 24.3 Å². The summed E-state index contributed by atoms with van der Waals surface area (Å²) in [6.07, 6.45) is 2.65. The molecule has 27 heavy (non-hydrogen) atoms. The molecule has 3 saturated heterocycles. The van der Waals surface area contributed by atoms with Crippen molar-refractivity contribution < 1.29 is 9.59 Å². The fraction of sp³-hybridized carbons (Fsp3) is 0.619. The maximum Gasteiger partial charge on any atom is 0.242 e. The molecule has 0 aromatic heterocycles. The fourth-order valence-corrected chi connectivity index (χ4v) is 5.49. The Balaban J connectivity index is 1.26. The van der Waals surface area contributed by atoms with Crippen LogP contribution in [0, 0.1) is 0 Å². The number of hydrogen-bond donors (Lipinski definition) is 0. The van der Waals surface area contributed by atoms with Crippen LogP contribution in [0.3, 0.4) is 0 Å². The number of likely N-dealkylation sites (tertiary alicyclic amines) is 2. The van der Waals surface area contributed by atoms with E-state index in [4.69, 9.17) is 0 Å². The summed E-state index contributed by atoms with van der Waals surface area (Å²) in [5.74, 6) is 2.91. The Morgan fingerprint density at radius 3 is 2.44 bits per heavy atom. The summed E-state index contributed by atoms with van der Waals surface area (Å²) in [6.45, 7) is 4.94. The van der Waals surface area contributed by atoms with Gasteiger partial charge in [0.1, 0.15) is 0 Å². The summed E-state index contributed by atoms with van der Waals surface area (Å²) in [7, 11) is 0. The van der Waals surface area contributed by atoms with E-state index in [1.807, 2.05) is 34.9 Å². The molecular weight excluding hydrogens is 358 g/mol. The van der Waals surface area contributed by atoms with E-state index in [1.165, 1.54) is 30.2 Å². The number of rotatable bonds is 4. The van der Waals surface area contributed by atoms with Crippen molar-refractivity contribution in [2.45, 2.75) is 31.2 Å². The third kappa shape index (κ3) is 4.49. The zero-order valence-corrected chi connectivity index (χ0v) is 16.7. The van der Waals surface area contributed by atoms with Crippen molar-refractivity contribution in [3.05, 3.63) is 35.9 Å². The van der Waals surface area contributed by atoms with Gasteiger partial charge in [-0.25, -0.2) is 0 Å². The predicted molar refractivity (Wildman–Crippen MR) is 109 cm³/mol. The molecule has 3 aliphatic heterocycles. The van der Waals surface area contributed by atoms with E-state index >= 15 is 0 Å². The van der Waals surface area contributed by atoms with Crippen LogP contribution in [0.4, 0.5) is 0 Å². The highest BCUT2D eigenvalue weighted by atomic mass is 32.2. The van der Waals surface area contributed by atoms with Gasteiger partial charge >= 0.3 is 0 Å². The van der Waals surface area contributed by atoms with Gasteiger partial charge in [0.05, 0.1) is 6.54 Å². The van der Waals surface area contributed by atoms with Crippen molar-refractivity contribution in [2.24, 2.45) is 0 Å². The number of piperidine rings is 1. The molecule has 5 nitrogen and oxygen atoms in total. The van der Waals surface area contributed by atoms with Crippen LogP contribution in [0.5, 0.6) is 0 Å². The highest BCUT2D eigenvalue weighted by molar-refractivity contribution is 7.99. The summed E-state index contributed by atoms with van der Waals surface area (Å²) in [5.41, 5.74) is 1.20. The predicted octanol–water partition coefficient (Wildman–Crippen LogP) is 2.04. The summed E-state index contributed by atoms with van der Waals surface area (Å²) < 4.78 is 0. The number of amides is 2. The number of carbonyl (C=O) groups is 2. The molecule has 0 spiro atoms. The zero-order chi connectivity index (χ0) is 18.6. The van der Waals surface area contributed by atoms with Gasteiger partial charge in [0.2, 0.25) is 11.8 Å². The molecule has 2 amide bonds. The van der Waals surface area contributed by atoms with Gasteiger partial charge in [0.15, 0.2) is 0 Å². The third-order valence-corrected chi connectivity index (χ3v) is 7.13. The van der Waals surface area contributed by atoms with E-state index in [0.717, 1.165) is 25.9 Å². The lowest BCUT2D eigenvalue weighted by Gasteiger charge is -2.40. The van der Waals surface area contributed by atoms with Crippen molar-refractivity contribution >= 4 is 23.6 Å². The van der Waals surface area contributed by atoms with Crippen molar-refractivity contribution in [1.29, 1.82) is 0 Å². The van der Waals surface area contributed by atoms with Gasteiger partial charge in [0, 0.05) is 62.6 Å². The van der Waals surface area contributed by atoms with Crippen LogP contribution in [-0.2, 0) is 9.59 Å². The van der Waals surface area contributed by atoms with Crippen LogP contribution < -0.4 is 0 Å². The van der Waals surface area contributed by atoms with Crippen LogP contribution in [0.1, 0.15) is 30.7 Å². The molecule has 0 radical (unpaired) electrons. The van der Waals surface area contributed by atoms with Gasteiger partial charge < -0.3 is 9.80 Å². The largest absolute Gasteiger partial charge is 0.341 e. The van der Waals surface area contributed by atoms with Crippen LogP contribution in [0.25, 0.3) is 0 Å². The zero-order valence-electron chi connectivity index (χ0n) is 15.9. The smallest absolute Gasteiger partial charge is 0.242 e. The molecular formula is C21H29N3O2S. The first kappa shape index (κ1) is 18.8. The Bertz CT molecular complexity index is 655. The number of benzene rings is 1. The molecule has 0 N–H and O–H groups in total. The van der Waals surface area contributed by atoms with E-state index in [0.29, 0.717) is 19.0 Å². The minimum atomic E-state index is 0.109. The maximum absolute atomic E-state index is 12.7. The molecule has 0 bridgehead atoms. The molecule has 0 aliphatic carbocycles. The Morgan fingerprint density at radius 2 is 1.74 bits per heavy atom. The topological polar surface area (TPSA) is 43.9 Å². The average Bonchev–Trinajstić information content (AvgIpc) is 3.10. The number of hydrogen-bond acceptors (Lipinski definition) is 4. The van der Waals surface area contributed by atoms with Gasteiger partial charge in [-0.2, -0.15) is 11.8 Å². The van der Waals surface area contributed by atoms with Crippen molar-refractivity contribution in [1.82, 2.24) is 14.7 Å². The lowest BCUT2D eigenvalue weighted by molar-refractivity contribution is -0.139. The second-order valence-corrected chi connectivity index (χ2v) is 9.07. The Hall–Kier alpha value is -1.53. The van der Waals surface area contributed by atoms with Crippen molar-refractivity contribution in [3.8, 4) is 0 Å². The highest BCUT2D eigenvalue weighted by Gasteiger charge is 2.34. The van der Waals surface area contributed by atoms with Crippen LogP contribution in [-0.4, -0.2) is 83.3 Å². The van der Waals surface area contributed by atoms with E-state index in [1.54, 1.807) is 4.90 Å². The first-order valence-corrected chi connectivity index (χ1v) is 11.3. The summed E-state index contributed by atoms with van der Waals surface area (Å²) in [5, 5.41) is 0. The molecule has 6 heteroatoms. The highest BCUT2D eigenvalue weighted by Crippen LogP contribution is 2.28. The molecule has 1 aromatic carbocycles. The molecule has 0 saturated carbocycles. The minimum absolute atomic E-state index is 0.109. The second kappa shape index (κ2) is 8.65. The van der Waals surface area contributed by atoms with Crippen LogP contribution in [0.2, 0.25) is 0 Å². The molecule has 0 unspecified atom stereocenters. The first-order valence-electron chi connectivity index (χ1n) is 10.1. The fourth-order valence-electron chi connectivity index (χ4n) is 4.56. The quantitative estimate of drug-likeness (QED) is 0.793. The van der Waals surface area contributed by atoms with E-state index in [2.05, 4.69) is 17.0 Å². The monoisotopic (exact) mass is 387 g/mol. The van der Waals surface area contributed by atoms with Crippen LogP contribution in [0.15, 0.2) is 30.3 Å². The van der Waals surface area contributed by atoms with E-state index in [9.17, 15) is 9.59 Å². The number of thioether (sulfide) groups is 1. The molecule has 1 aromatic rings. The Kier molecular flexibility index (Phi) is 6.03. The first-order chi connectivity index (χ1) is 13.2. The van der Waals surface area contributed by atoms with Gasteiger partial charge in [-0.15, -0.1) is 0 Å². The van der Waals surface area contributed by atoms with Gasteiger partial charge in [-0.1, -0.05) is 30.3 Å². The second-order valence-electron chi connectivity index (χ2n) is 7.85. The minimum Gasteiger partial charge on any atom is -0.341 e. The molecule has 3 heterocycles. The summed E-state index contributed by atoms with van der Waals surface area (Å²) in [4.78, 5) is 31.5. The van der Waals surface area contributed by atoms with E-state index < -0.39 is 0 Å². The average molecular weight is 388 g/mol. The molecule has 3 fully saturated rings. The summed E-state index contributed by atoms with van der Waals surface area (Å²) >= 11 is 2.04. The molecule has 4 rings (SSSR count). The van der Waals surface area contributed by atoms with Crippen LogP contribution >= 0.6 is 11.8 Å². The molecule has 3 aliphatic rings.